The van der Waals surface area contributed by atoms with Gasteiger partial charge in [-0.25, -0.2) is 4.79 Å². The number of rotatable bonds is 7. The van der Waals surface area contributed by atoms with Gasteiger partial charge in [0.2, 0.25) is 0 Å². The Hall–Kier alpha value is -2.08. The fourth-order valence-corrected chi connectivity index (χ4v) is 5.44. The Morgan fingerprint density at radius 3 is 2.81 bits per heavy atom. The quantitative estimate of drug-likeness (QED) is 0.339. The van der Waals surface area contributed by atoms with Crippen LogP contribution in [0.5, 0.6) is 0 Å². The van der Waals surface area contributed by atoms with Crippen LogP contribution in [0.25, 0.3) is 0 Å². The first-order valence-electron chi connectivity index (χ1n) is 11.4. The number of epoxide rings is 1. The molecular formula is C25H34O6. The average molecular weight is 431 g/mol. The van der Waals surface area contributed by atoms with Gasteiger partial charge in [0.25, 0.3) is 0 Å². The Labute approximate surface area is 184 Å². The maximum Gasteiger partial charge on any atom is 0.333 e. The minimum absolute atomic E-state index is 0.133. The summed E-state index contributed by atoms with van der Waals surface area (Å²) in [5, 5.41) is 0. The number of esters is 2. The van der Waals surface area contributed by atoms with Gasteiger partial charge in [0.05, 0.1) is 24.5 Å². The Kier molecular flexibility index (Phi) is 5.80. The number of hydrogen-bond acceptors (Lipinski definition) is 6. The van der Waals surface area contributed by atoms with E-state index in [1.807, 2.05) is 13.0 Å². The minimum atomic E-state index is -0.291. The predicted molar refractivity (Wildman–Crippen MR) is 114 cm³/mol. The van der Waals surface area contributed by atoms with Crippen molar-refractivity contribution in [3.8, 4) is 0 Å². The van der Waals surface area contributed by atoms with Gasteiger partial charge >= 0.3 is 11.9 Å². The van der Waals surface area contributed by atoms with Crippen LogP contribution in [0.2, 0.25) is 0 Å². The molecule has 4 rings (SSSR count). The van der Waals surface area contributed by atoms with E-state index in [-0.39, 0.29) is 53.1 Å². The van der Waals surface area contributed by atoms with Gasteiger partial charge in [0.15, 0.2) is 0 Å². The maximum atomic E-state index is 12.6. The monoisotopic (exact) mass is 430 g/mol. The second kappa shape index (κ2) is 8.12. The molecule has 0 bridgehead atoms. The van der Waals surface area contributed by atoms with Gasteiger partial charge in [-0.1, -0.05) is 19.9 Å². The van der Waals surface area contributed by atoms with Gasteiger partial charge < -0.3 is 18.6 Å². The Morgan fingerprint density at radius 2 is 2.13 bits per heavy atom. The van der Waals surface area contributed by atoms with Gasteiger partial charge in [-0.2, -0.15) is 0 Å². The van der Waals surface area contributed by atoms with Crippen molar-refractivity contribution in [1.82, 2.24) is 0 Å². The molecule has 0 aromatic carbocycles. The molecule has 3 heterocycles. The highest BCUT2D eigenvalue weighted by Gasteiger charge is 2.69. The van der Waals surface area contributed by atoms with E-state index in [0.29, 0.717) is 12.0 Å². The van der Waals surface area contributed by atoms with Gasteiger partial charge in [0, 0.05) is 23.0 Å². The first-order chi connectivity index (χ1) is 14.7. The maximum absolute atomic E-state index is 12.6. The number of hydrogen-bond donors (Lipinski definition) is 0. The zero-order valence-corrected chi connectivity index (χ0v) is 19.2. The van der Waals surface area contributed by atoms with Crippen molar-refractivity contribution < 1.29 is 28.2 Å². The number of allylic oxidation sites excluding steroid dienone is 1. The highest BCUT2D eigenvalue weighted by atomic mass is 16.6. The number of furan rings is 1. The summed E-state index contributed by atoms with van der Waals surface area (Å²) >= 11 is 0. The van der Waals surface area contributed by atoms with Crippen molar-refractivity contribution in [3.05, 3.63) is 35.8 Å². The molecular weight excluding hydrogens is 396 g/mol. The van der Waals surface area contributed by atoms with Crippen molar-refractivity contribution >= 4 is 11.9 Å². The van der Waals surface area contributed by atoms with Gasteiger partial charge in [-0.15, -0.1) is 0 Å². The van der Waals surface area contributed by atoms with E-state index < -0.39 is 0 Å². The number of ether oxygens (including phenoxy) is 3. The Bertz CT molecular complexity index is 857. The molecule has 1 saturated carbocycles. The lowest BCUT2D eigenvalue weighted by Crippen LogP contribution is -2.50. The summed E-state index contributed by atoms with van der Waals surface area (Å²) in [7, 11) is 0. The minimum Gasteiger partial charge on any atom is -0.472 e. The van der Waals surface area contributed by atoms with E-state index in [1.54, 1.807) is 25.5 Å². The topological polar surface area (TPSA) is 78.3 Å². The van der Waals surface area contributed by atoms with Gasteiger partial charge in [-0.05, 0) is 58.4 Å². The number of fused-ring (bicyclic) bond motifs is 1. The van der Waals surface area contributed by atoms with Crippen molar-refractivity contribution in [2.24, 2.45) is 17.3 Å². The summed E-state index contributed by atoms with van der Waals surface area (Å²) in [6.07, 6.45) is 8.90. The average Bonchev–Trinajstić information content (AvgIpc) is 3.11. The second-order valence-electron chi connectivity index (χ2n) is 9.91. The SMILES string of the molecule is C/C=C(/C)C(=O)O[C@H]1CC[C@H]2O[C@@]2(C)[C@@]1(C)CC[C@@H](C)[C@H]1C[C@H](c2ccoc2)OC1=O. The van der Waals surface area contributed by atoms with Crippen molar-refractivity contribution in [2.45, 2.75) is 90.6 Å². The third-order valence-electron chi connectivity index (χ3n) is 8.23. The van der Waals surface area contributed by atoms with E-state index in [0.717, 1.165) is 31.2 Å². The van der Waals surface area contributed by atoms with E-state index in [2.05, 4.69) is 20.8 Å². The van der Waals surface area contributed by atoms with Gasteiger partial charge in [0.1, 0.15) is 17.8 Å². The largest absolute Gasteiger partial charge is 0.472 e. The molecule has 1 aromatic heterocycles. The summed E-state index contributed by atoms with van der Waals surface area (Å²) in [5.74, 6) is -0.359. The van der Waals surface area contributed by atoms with Crippen LogP contribution in [-0.4, -0.2) is 29.7 Å². The fraction of sp³-hybridized carbons (Fsp3) is 0.680. The van der Waals surface area contributed by atoms with Crippen LogP contribution in [0.15, 0.2) is 34.7 Å². The molecule has 2 saturated heterocycles. The zero-order valence-electron chi connectivity index (χ0n) is 19.2. The predicted octanol–water partition coefficient (Wildman–Crippen LogP) is 5.14. The number of cyclic esters (lactones) is 1. The molecule has 2 aliphatic heterocycles. The molecule has 31 heavy (non-hydrogen) atoms. The molecule has 0 N–H and O–H groups in total. The lowest BCUT2D eigenvalue weighted by molar-refractivity contribution is -0.157. The third kappa shape index (κ3) is 3.84. The van der Waals surface area contributed by atoms with Crippen molar-refractivity contribution in [2.75, 3.05) is 0 Å². The molecule has 0 radical (unpaired) electrons. The fourth-order valence-electron chi connectivity index (χ4n) is 5.44. The highest BCUT2D eigenvalue weighted by Crippen LogP contribution is 2.61. The summed E-state index contributed by atoms with van der Waals surface area (Å²) in [6.45, 7) is 10.1. The van der Waals surface area contributed by atoms with Crippen LogP contribution < -0.4 is 0 Å². The molecule has 3 aliphatic rings. The van der Waals surface area contributed by atoms with Crippen LogP contribution in [-0.2, 0) is 23.8 Å². The first-order valence-corrected chi connectivity index (χ1v) is 11.4. The summed E-state index contributed by atoms with van der Waals surface area (Å²) in [5.41, 5.74) is 0.962. The molecule has 0 spiro atoms. The molecule has 0 amide bonds. The Balaban J connectivity index is 1.43. The van der Waals surface area contributed by atoms with Crippen LogP contribution in [0.4, 0.5) is 0 Å². The normalized spacial score (nSPS) is 38.4. The highest BCUT2D eigenvalue weighted by molar-refractivity contribution is 5.87. The zero-order chi connectivity index (χ0) is 22.4. The van der Waals surface area contributed by atoms with Crippen LogP contribution >= 0.6 is 0 Å². The van der Waals surface area contributed by atoms with E-state index >= 15 is 0 Å². The summed E-state index contributed by atoms with van der Waals surface area (Å²) < 4.78 is 22.9. The molecule has 6 nitrogen and oxygen atoms in total. The first kappa shape index (κ1) is 22.1. The van der Waals surface area contributed by atoms with E-state index in [4.69, 9.17) is 18.6 Å². The third-order valence-corrected chi connectivity index (χ3v) is 8.23. The lowest BCUT2D eigenvalue weighted by Gasteiger charge is -2.44. The summed E-state index contributed by atoms with van der Waals surface area (Å²) in [4.78, 5) is 25.0. The van der Waals surface area contributed by atoms with Gasteiger partial charge in [-0.3, -0.25) is 4.79 Å². The standard InChI is InChI=1S/C25H34O6/c1-6-15(2)22(26)30-20-7-8-21-25(5,31-21)24(20,4)11-9-16(3)18-13-19(29-23(18)27)17-10-12-28-14-17/h6,10,12,14,16,18-21H,7-9,11,13H2,1-5H3/b15-6-/t16-,18-,19-,20+,21-,24+,25-/m1/s1. The summed E-state index contributed by atoms with van der Waals surface area (Å²) in [6, 6.07) is 1.85. The van der Waals surface area contributed by atoms with Crippen LogP contribution in [0.1, 0.15) is 78.4 Å². The van der Waals surface area contributed by atoms with Crippen molar-refractivity contribution in [1.29, 1.82) is 0 Å². The van der Waals surface area contributed by atoms with E-state index in [1.165, 1.54) is 0 Å². The number of carbonyl (C=O) groups is 2. The number of carbonyl (C=O) groups excluding carboxylic acids is 2. The smallest absolute Gasteiger partial charge is 0.333 e. The lowest BCUT2D eigenvalue weighted by atomic mass is 9.62. The van der Waals surface area contributed by atoms with Crippen LogP contribution in [0, 0.1) is 17.3 Å². The van der Waals surface area contributed by atoms with Crippen LogP contribution in [0.3, 0.4) is 0 Å². The molecule has 0 unspecified atom stereocenters. The molecule has 1 aliphatic carbocycles. The molecule has 170 valence electrons. The molecule has 3 fully saturated rings. The van der Waals surface area contributed by atoms with Crippen molar-refractivity contribution in [3.63, 3.8) is 0 Å². The van der Waals surface area contributed by atoms with E-state index in [9.17, 15) is 9.59 Å². The molecule has 1 aromatic rings. The Morgan fingerprint density at radius 1 is 1.35 bits per heavy atom. The molecule has 7 atom stereocenters. The molecule has 6 heteroatoms. The second-order valence-corrected chi connectivity index (χ2v) is 9.91.